The van der Waals surface area contributed by atoms with E-state index in [1.807, 2.05) is 17.9 Å². The summed E-state index contributed by atoms with van der Waals surface area (Å²) in [6.45, 7) is 8.30. The second-order valence-electron chi connectivity index (χ2n) is 4.40. The number of benzene rings is 1. The maximum atomic E-state index is 11.1. The highest BCUT2D eigenvalue weighted by molar-refractivity contribution is 5.93. The van der Waals surface area contributed by atoms with Gasteiger partial charge in [-0.25, -0.2) is 4.79 Å². The molecule has 0 aliphatic carbocycles. The summed E-state index contributed by atoms with van der Waals surface area (Å²) in [5, 5.41) is 2.69. The van der Waals surface area contributed by atoms with E-state index in [2.05, 4.69) is 11.9 Å². The molecule has 0 spiro atoms. The summed E-state index contributed by atoms with van der Waals surface area (Å²) < 4.78 is 4.97. The monoisotopic (exact) mass is 291 g/mol. The predicted octanol–water partition coefficient (Wildman–Crippen LogP) is 1.78. The number of nitrogen functional groups attached to an aromatic ring is 1. The van der Waals surface area contributed by atoms with Gasteiger partial charge in [0.2, 0.25) is 5.91 Å². The van der Waals surface area contributed by atoms with E-state index in [-0.39, 0.29) is 12.5 Å². The molecule has 0 bridgehead atoms. The summed E-state index contributed by atoms with van der Waals surface area (Å²) in [7, 11) is 0. The fourth-order valence-corrected chi connectivity index (χ4v) is 1.82. The largest absolute Gasteiger partial charge is 0.461 e. The van der Waals surface area contributed by atoms with Gasteiger partial charge in [-0.2, -0.15) is 0 Å². The first kappa shape index (κ1) is 16.6. The summed E-state index contributed by atoms with van der Waals surface area (Å²) in [6, 6.07) is 5.40. The van der Waals surface area contributed by atoms with Crippen LogP contribution in [0.3, 0.4) is 0 Å². The quantitative estimate of drug-likeness (QED) is 0.454. The lowest BCUT2D eigenvalue weighted by atomic mass is 10.2. The van der Waals surface area contributed by atoms with E-state index in [4.69, 9.17) is 10.5 Å². The van der Waals surface area contributed by atoms with Gasteiger partial charge in [0.25, 0.3) is 0 Å². The Labute approximate surface area is 124 Å². The lowest BCUT2D eigenvalue weighted by Gasteiger charge is -2.24. The van der Waals surface area contributed by atoms with Gasteiger partial charge < -0.3 is 20.7 Å². The predicted molar refractivity (Wildman–Crippen MR) is 84.2 cm³/mol. The fourth-order valence-electron chi connectivity index (χ4n) is 1.82. The molecule has 0 atom stereocenters. The highest BCUT2D eigenvalue weighted by Crippen LogP contribution is 2.25. The number of carbonyl (C=O) groups is 2. The summed E-state index contributed by atoms with van der Waals surface area (Å²) in [4.78, 5) is 24.2. The number of nitrogens with two attached hydrogens (primary N) is 1. The van der Waals surface area contributed by atoms with E-state index in [0.717, 1.165) is 18.3 Å². The Morgan fingerprint density at radius 3 is 2.76 bits per heavy atom. The lowest BCUT2D eigenvalue weighted by Crippen LogP contribution is -2.28. The number of nitrogens with zero attached hydrogens (tertiary/aromatic N) is 1. The molecule has 21 heavy (non-hydrogen) atoms. The van der Waals surface area contributed by atoms with Crippen LogP contribution in [0, 0.1) is 0 Å². The Hall–Kier alpha value is -2.50. The molecule has 0 fully saturated rings. The average Bonchev–Trinajstić information content (AvgIpc) is 2.45. The summed E-state index contributed by atoms with van der Waals surface area (Å²) in [5.74, 6) is -0.621. The van der Waals surface area contributed by atoms with Gasteiger partial charge in [-0.3, -0.25) is 4.79 Å². The minimum absolute atomic E-state index is 0.179. The molecule has 1 aromatic carbocycles. The number of ether oxygens (including phenoxy) is 1. The molecule has 6 nitrogen and oxygen atoms in total. The lowest BCUT2D eigenvalue weighted by molar-refractivity contribution is -0.137. The van der Waals surface area contributed by atoms with Gasteiger partial charge in [-0.1, -0.05) is 6.58 Å². The van der Waals surface area contributed by atoms with Crippen molar-refractivity contribution in [2.45, 2.75) is 13.8 Å². The molecular formula is C15H21N3O3. The molecular weight excluding hydrogens is 270 g/mol. The van der Waals surface area contributed by atoms with Gasteiger partial charge in [0.15, 0.2) is 0 Å². The molecule has 0 aliphatic heterocycles. The number of esters is 1. The Kier molecular flexibility index (Phi) is 6.26. The van der Waals surface area contributed by atoms with Crippen LogP contribution in [-0.2, 0) is 14.3 Å². The van der Waals surface area contributed by atoms with Crippen LogP contribution in [0.5, 0.6) is 0 Å². The molecule has 0 radical (unpaired) electrons. The third-order valence-corrected chi connectivity index (χ3v) is 2.87. The number of hydrogen-bond acceptors (Lipinski definition) is 5. The number of rotatable bonds is 7. The van der Waals surface area contributed by atoms with Crippen LogP contribution in [0.4, 0.5) is 17.1 Å². The van der Waals surface area contributed by atoms with Crippen molar-refractivity contribution in [1.82, 2.24) is 0 Å². The first-order valence-electron chi connectivity index (χ1n) is 6.69. The molecule has 114 valence electrons. The Morgan fingerprint density at radius 1 is 1.48 bits per heavy atom. The van der Waals surface area contributed by atoms with Gasteiger partial charge in [-0.15, -0.1) is 0 Å². The number of nitrogens with one attached hydrogen (secondary N) is 1. The Morgan fingerprint density at radius 2 is 2.19 bits per heavy atom. The van der Waals surface area contributed by atoms with Gasteiger partial charge >= 0.3 is 5.97 Å². The third kappa shape index (κ3) is 5.18. The van der Waals surface area contributed by atoms with Crippen molar-refractivity contribution >= 4 is 28.9 Å². The minimum Gasteiger partial charge on any atom is -0.461 e. The van der Waals surface area contributed by atoms with Crippen molar-refractivity contribution in [2.24, 2.45) is 0 Å². The number of likely N-dealkylation sites (N-methyl/N-ethyl adjacent to an activating group) is 1. The summed E-state index contributed by atoms with van der Waals surface area (Å²) >= 11 is 0. The van der Waals surface area contributed by atoms with E-state index < -0.39 is 5.97 Å². The summed E-state index contributed by atoms with van der Waals surface area (Å²) in [6.07, 6.45) is 1.13. The smallest absolute Gasteiger partial charge is 0.330 e. The maximum absolute atomic E-state index is 11.1. The molecule has 1 rings (SSSR count). The SMILES string of the molecule is C=CC(=O)OCCN(CC)c1ccc(N)c(NC(C)=O)c1. The highest BCUT2D eigenvalue weighted by atomic mass is 16.5. The fraction of sp³-hybridized carbons (Fsp3) is 0.333. The van der Waals surface area contributed by atoms with E-state index in [0.29, 0.717) is 17.9 Å². The van der Waals surface area contributed by atoms with Gasteiger partial charge in [0.05, 0.1) is 17.9 Å². The Balaban J connectivity index is 2.78. The topological polar surface area (TPSA) is 84.7 Å². The van der Waals surface area contributed by atoms with Crippen molar-refractivity contribution in [2.75, 3.05) is 35.6 Å². The molecule has 0 saturated carbocycles. The first-order chi connectivity index (χ1) is 9.97. The zero-order valence-electron chi connectivity index (χ0n) is 12.4. The van der Waals surface area contributed by atoms with Gasteiger partial charge in [0, 0.05) is 25.2 Å². The van der Waals surface area contributed by atoms with Crippen LogP contribution in [0.2, 0.25) is 0 Å². The van der Waals surface area contributed by atoms with Crippen molar-refractivity contribution in [3.8, 4) is 0 Å². The minimum atomic E-state index is -0.442. The Bertz CT molecular complexity index is 529. The molecule has 0 aromatic heterocycles. The van der Waals surface area contributed by atoms with Crippen molar-refractivity contribution in [1.29, 1.82) is 0 Å². The molecule has 0 unspecified atom stereocenters. The second-order valence-corrected chi connectivity index (χ2v) is 4.40. The van der Waals surface area contributed by atoms with Crippen LogP contribution in [0.25, 0.3) is 0 Å². The van der Waals surface area contributed by atoms with Crippen LogP contribution in [-0.4, -0.2) is 31.6 Å². The molecule has 0 heterocycles. The maximum Gasteiger partial charge on any atom is 0.330 e. The second kappa shape index (κ2) is 7.94. The van der Waals surface area contributed by atoms with E-state index in [1.165, 1.54) is 6.92 Å². The standard InChI is InChI=1S/C15H21N3O3/c1-4-15(20)21-9-8-18(5-2)12-6-7-13(16)14(10-12)17-11(3)19/h4,6-7,10H,1,5,8-9,16H2,2-3H3,(H,17,19). The average molecular weight is 291 g/mol. The number of hydrogen-bond donors (Lipinski definition) is 2. The highest BCUT2D eigenvalue weighted by Gasteiger charge is 2.09. The van der Waals surface area contributed by atoms with Crippen molar-refractivity contribution < 1.29 is 14.3 Å². The molecule has 3 N–H and O–H groups in total. The third-order valence-electron chi connectivity index (χ3n) is 2.87. The molecule has 0 saturated heterocycles. The molecule has 6 heteroatoms. The normalized spacial score (nSPS) is 9.81. The molecule has 1 amide bonds. The van der Waals surface area contributed by atoms with Crippen LogP contribution in [0.1, 0.15) is 13.8 Å². The first-order valence-corrected chi connectivity index (χ1v) is 6.69. The zero-order valence-corrected chi connectivity index (χ0v) is 12.4. The van der Waals surface area contributed by atoms with Crippen LogP contribution < -0.4 is 16.0 Å². The zero-order chi connectivity index (χ0) is 15.8. The van der Waals surface area contributed by atoms with E-state index >= 15 is 0 Å². The summed E-state index contributed by atoms with van der Waals surface area (Å²) in [5.41, 5.74) is 7.79. The van der Waals surface area contributed by atoms with Crippen LogP contribution in [0.15, 0.2) is 30.9 Å². The van der Waals surface area contributed by atoms with Crippen LogP contribution >= 0.6 is 0 Å². The number of amides is 1. The van der Waals surface area contributed by atoms with Crippen molar-refractivity contribution in [3.05, 3.63) is 30.9 Å². The van der Waals surface area contributed by atoms with Crippen molar-refractivity contribution in [3.63, 3.8) is 0 Å². The van der Waals surface area contributed by atoms with E-state index in [1.54, 1.807) is 12.1 Å². The van der Waals surface area contributed by atoms with Gasteiger partial charge in [0.1, 0.15) is 6.61 Å². The number of carbonyl (C=O) groups excluding carboxylic acids is 2. The van der Waals surface area contributed by atoms with Gasteiger partial charge in [-0.05, 0) is 25.1 Å². The molecule has 1 aromatic rings. The number of anilines is 3. The van der Waals surface area contributed by atoms with E-state index in [9.17, 15) is 9.59 Å². The molecule has 0 aliphatic rings.